The number of carboxylic acids is 1. The molecule has 0 radical (unpaired) electrons. The first kappa shape index (κ1) is 13.2. The van der Waals surface area contributed by atoms with E-state index in [2.05, 4.69) is 15.5 Å². The first-order valence-corrected chi connectivity index (χ1v) is 5.81. The third-order valence-electron chi connectivity index (χ3n) is 2.74. The van der Waals surface area contributed by atoms with Gasteiger partial charge >= 0.3 is 5.97 Å². The van der Waals surface area contributed by atoms with Crippen molar-refractivity contribution in [3.05, 3.63) is 41.7 Å². The number of aliphatic hydroxyl groups excluding tert-OH is 1. The molecule has 7 nitrogen and oxygen atoms in total. The number of aliphatic hydroxyl groups is 1. The Labute approximate surface area is 109 Å². The van der Waals surface area contributed by atoms with E-state index in [0.717, 1.165) is 10.2 Å². The SMILES string of the molecule is CC(O)C(C(=O)O)n1nnnc1Cc1ccccc1. The van der Waals surface area contributed by atoms with Crippen molar-refractivity contribution < 1.29 is 15.0 Å². The Balaban J connectivity index is 2.29. The third-order valence-corrected chi connectivity index (χ3v) is 2.74. The van der Waals surface area contributed by atoms with Gasteiger partial charge in [-0.1, -0.05) is 30.3 Å². The summed E-state index contributed by atoms with van der Waals surface area (Å²) in [5.41, 5.74) is 0.966. The molecular formula is C12H14N4O3. The molecule has 0 aliphatic heterocycles. The van der Waals surface area contributed by atoms with E-state index in [0.29, 0.717) is 12.2 Å². The monoisotopic (exact) mass is 262 g/mol. The first-order valence-electron chi connectivity index (χ1n) is 5.81. The number of aliphatic carboxylic acids is 1. The minimum atomic E-state index is -1.19. The number of carbonyl (C=O) groups is 1. The van der Waals surface area contributed by atoms with Gasteiger partial charge in [0.15, 0.2) is 11.9 Å². The van der Waals surface area contributed by atoms with Crippen molar-refractivity contribution in [1.29, 1.82) is 0 Å². The van der Waals surface area contributed by atoms with Gasteiger partial charge in [-0.15, -0.1) is 5.10 Å². The van der Waals surface area contributed by atoms with E-state index < -0.39 is 18.1 Å². The highest BCUT2D eigenvalue weighted by molar-refractivity contribution is 5.72. The van der Waals surface area contributed by atoms with Crippen LogP contribution < -0.4 is 0 Å². The average Bonchev–Trinajstić information content (AvgIpc) is 2.78. The van der Waals surface area contributed by atoms with Crippen LogP contribution in [-0.2, 0) is 11.2 Å². The molecule has 1 aromatic carbocycles. The molecule has 2 N–H and O–H groups in total. The van der Waals surface area contributed by atoms with Crippen LogP contribution in [0.1, 0.15) is 24.4 Å². The number of tetrazole rings is 1. The van der Waals surface area contributed by atoms with Crippen molar-refractivity contribution in [3.63, 3.8) is 0 Å². The predicted molar refractivity (Wildman–Crippen MR) is 65.4 cm³/mol. The summed E-state index contributed by atoms with van der Waals surface area (Å²) in [6, 6.07) is 8.27. The average molecular weight is 262 g/mol. The molecule has 0 fully saturated rings. The quantitative estimate of drug-likeness (QED) is 0.802. The molecule has 2 atom stereocenters. The van der Waals surface area contributed by atoms with E-state index in [1.165, 1.54) is 6.92 Å². The van der Waals surface area contributed by atoms with Gasteiger partial charge in [0.2, 0.25) is 0 Å². The Morgan fingerprint density at radius 1 is 1.37 bits per heavy atom. The topological polar surface area (TPSA) is 101 Å². The van der Waals surface area contributed by atoms with Crippen LogP contribution in [0.3, 0.4) is 0 Å². The molecule has 7 heteroatoms. The predicted octanol–water partition coefficient (Wildman–Crippen LogP) is 0.270. The Morgan fingerprint density at radius 3 is 2.63 bits per heavy atom. The summed E-state index contributed by atoms with van der Waals surface area (Å²) >= 11 is 0. The number of hydrogen-bond acceptors (Lipinski definition) is 5. The molecule has 100 valence electrons. The minimum Gasteiger partial charge on any atom is -0.480 e. The summed E-state index contributed by atoms with van der Waals surface area (Å²) in [6.45, 7) is 1.40. The number of rotatable bonds is 5. The van der Waals surface area contributed by atoms with Crippen molar-refractivity contribution in [2.75, 3.05) is 0 Å². The summed E-state index contributed by atoms with van der Waals surface area (Å²) in [4.78, 5) is 11.2. The van der Waals surface area contributed by atoms with Crippen molar-refractivity contribution in [1.82, 2.24) is 20.2 Å². The summed E-state index contributed by atoms with van der Waals surface area (Å²) in [5.74, 6) is -0.767. The van der Waals surface area contributed by atoms with E-state index in [-0.39, 0.29) is 0 Å². The van der Waals surface area contributed by atoms with Crippen LogP contribution >= 0.6 is 0 Å². The van der Waals surface area contributed by atoms with Crippen molar-refractivity contribution in [2.45, 2.75) is 25.5 Å². The Hall–Kier alpha value is -2.28. The van der Waals surface area contributed by atoms with Gasteiger partial charge in [0.05, 0.1) is 6.10 Å². The second-order valence-corrected chi connectivity index (χ2v) is 4.23. The largest absolute Gasteiger partial charge is 0.480 e. The van der Waals surface area contributed by atoms with Crippen LogP contribution in [0.25, 0.3) is 0 Å². The number of nitrogens with zero attached hydrogens (tertiary/aromatic N) is 4. The van der Waals surface area contributed by atoms with Gasteiger partial charge in [-0.25, -0.2) is 9.48 Å². The van der Waals surface area contributed by atoms with Crippen molar-refractivity contribution in [2.24, 2.45) is 0 Å². The summed E-state index contributed by atoms with van der Waals surface area (Å²) in [6.07, 6.45) is -0.680. The summed E-state index contributed by atoms with van der Waals surface area (Å²) in [5, 5.41) is 29.7. The van der Waals surface area contributed by atoms with Crippen LogP contribution in [0.5, 0.6) is 0 Å². The first-order chi connectivity index (χ1) is 9.09. The van der Waals surface area contributed by atoms with Gasteiger partial charge in [-0.05, 0) is 22.9 Å². The molecule has 1 heterocycles. The van der Waals surface area contributed by atoms with Crippen LogP contribution in [0.4, 0.5) is 0 Å². The van der Waals surface area contributed by atoms with E-state index in [1.54, 1.807) is 0 Å². The standard InChI is InChI=1S/C12H14N4O3/c1-8(17)11(12(18)19)16-10(13-14-15-16)7-9-5-3-2-4-6-9/h2-6,8,11,17H,7H2,1H3,(H,18,19). The Bertz CT molecular complexity index is 553. The lowest BCUT2D eigenvalue weighted by Gasteiger charge is -2.16. The smallest absolute Gasteiger partial charge is 0.331 e. The summed E-state index contributed by atoms with van der Waals surface area (Å²) in [7, 11) is 0. The van der Waals surface area contributed by atoms with Gasteiger partial charge in [-0.2, -0.15) is 0 Å². The molecule has 2 aromatic rings. The molecule has 1 aromatic heterocycles. The van der Waals surface area contributed by atoms with Gasteiger partial charge in [0, 0.05) is 6.42 Å². The molecule has 0 spiro atoms. The fraction of sp³-hybridized carbons (Fsp3) is 0.333. The van der Waals surface area contributed by atoms with E-state index in [1.807, 2.05) is 30.3 Å². The maximum atomic E-state index is 11.2. The molecular weight excluding hydrogens is 248 g/mol. The molecule has 0 aliphatic rings. The normalized spacial score (nSPS) is 14.0. The fourth-order valence-corrected chi connectivity index (χ4v) is 1.84. The zero-order valence-corrected chi connectivity index (χ0v) is 10.3. The van der Waals surface area contributed by atoms with Gasteiger partial charge in [0.1, 0.15) is 0 Å². The Morgan fingerprint density at radius 2 is 2.05 bits per heavy atom. The molecule has 0 amide bonds. The lowest BCUT2D eigenvalue weighted by atomic mass is 10.1. The number of carboxylic acid groups (broad SMARTS) is 1. The number of aromatic nitrogens is 4. The lowest BCUT2D eigenvalue weighted by molar-refractivity contribution is -0.144. The van der Waals surface area contributed by atoms with Crippen LogP contribution in [0, 0.1) is 0 Å². The zero-order chi connectivity index (χ0) is 13.8. The van der Waals surface area contributed by atoms with Crippen LogP contribution in [-0.4, -0.2) is 42.5 Å². The van der Waals surface area contributed by atoms with Gasteiger partial charge < -0.3 is 10.2 Å². The fourth-order valence-electron chi connectivity index (χ4n) is 1.84. The molecule has 2 unspecified atom stereocenters. The molecule has 2 rings (SSSR count). The highest BCUT2D eigenvalue weighted by atomic mass is 16.4. The number of hydrogen-bond donors (Lipinski definition) is 2. The lowest BCUT2D eigenvalue weighted by Crippen LogP contribution is -2.31. The highest BCUT2D eigenvalue weighted by Gasteiger charge is 2.28. The number of benzene rings is 1. The van der Waals surface area contributed by atoms with Crippen LogP contribution in [0.2, 0.25) is 0 Å². The highest BCUT2D eigenvalue weighted by Crippen LogP contribution is 2.14. The molecule has 19 heavy (non-hydrogen) atoms. The second kappa shape index (κ2) is 5.57. The van der Waals surface area contributed by atoms with E-state index >= 15 is 0 Å². The Kier molecular flexibility index (Phi) is 3.86. The molecule has 0 saturated heterocycles. The molecule has 0 saturated carbocycles. The maximum absolute atomic E-state index is 11.2. The molecule has 0 bridgehead atoms. The van der Waals surface area contributed by atoms with Gasteiger partial charge in [0.25, 0.3) is 0 Å². The van der Waals surface area contributed by atoms with Gasteiger partial charge in [-0.3, -0.25) is 0 Å². The summed E-state index contributed by atoms with van der Waals surface area (Å²) < 4.78 is 1.15. The van der Waals surface area contributed by atoms with E-state index in [4.69, 9.17) is 5.11 Å². The second-order valence-electron chi connectivity index (χ2n) is 4.23. The van der Waals surface area contributed by atoms with E-state index in [9.17, 15) is 9.90 Å². The third kappa shape index (κ3) is 2.94. The molecule has 0 aliphatic carbocycles. The van der Waals surface area contributed by atoms with Crippen LogP contribution in [0.15, 0.2) is 30.3 Å². The van der Waals surface area contributed by atoms with Crippen molar-refractivity contribution in [3.8, 4) is 0 Å². The maximum Gasteiger partial charge on any atom is 0.331 e. The zero-order valence-electron chi connectivity index (χ0n) is 10.3. The minimum absolute atomic E-state index is 0.402. The van der Waals surface area contributed by atoms with Crippen molar-refractivity contribution >= 4 is 5.97 Å².